The number of aromatic nitrogens is 5. The van der Waals surface area contributed by atoms with Crippen LogP contribution in [-0.4, -0.2) is 39.5 Å². The summed E-state index contributed by atoms with van der Waals surface area (Å²) in [6.45, 7) is 0.482. The van der Waals surface area contributed by atoms with E-state index in [1.807, 2.05) is 0 Å². The molecule has 2 N–H and O–H groups in total. The number of oxazole rings is 1. The zero-order valence-corrected chi connectivity index (χ0v) is 14.7. The van der Waals surface area contributed by atoms with Gasteiger partial charge in [0.2, 0.25) is 10.0 Å². The molecule has 0 bridgehead atoms. The molecule has 10 nitrogen and oxygen atoms in total. The number of aromatic amines is 1. The van der Waals surface area contributed by atoms with Crippen LogP contribution in [0.4, 0.5) is 0 Å². The van der Waals surface area contributed by atoms with Gasteiger partial charge in [-0.15, -0.1) is 0 Å². The summed E-state index contributed by atoms with van der Waals surface area (Å²) in [7, 11) is -3.75. The van der Waals surface area contributed by atoms with Crippen LogP contribution in [0.2, 0.25) is 0 Å². The normalized spacial score (nSPS) is 11.9. The van der Waals surface area contributed by atoms with Gasteiger partial charge in [0.15, 0.2) is 17.2 Å². The molecular formula is C16H14N6O4S. The molecule has 0 saturated heterocycles. The van der Waals surface area contributed by atoms with Crippen molar-refractivity contribution in [2.75, 3.05) is 6.54 Å². The van der Waals surface area contributed by atoms with Crippen LogP contribution in [0.25, 0.3) is 22.7 Å². The first-order valence-corrected chi connectivity index (χ1v) is 9.42. The quantitative estimate of drug-likeness (QED) is 0.499. The molecular weight excluding hydrogens is 372 g/mol. The fourth-order valence-electron chi connectivity index (χ4n) is 2.59. The summed E-state index contributed by atoms with van der Waals surface area (Å²) < 4.78 is 34.1. The number of imidazole rings is 1. The maximum atomic E-state index is 12.5. The van der Waals surface area contributed by atoms with Gasteiger partial charge >= 0.3 is 5.76 Å². The number of nitrogens with zero attached hydrogens (tertiary/aromatic N) is 4. The van der Waals surface area contributed by atoms with E-state index >= 15 is 0 Å². The Labute approximate surface area is 153 Å². The Balaban J connectivity index is 1.48. The van der Waals surface area contributed by atoms with Gasteiger partial charge in [0.05, 0.1) is 10.4 Å². The molecule has 0 unspecified atom stereocenters. The zero-order chi connectivity index (χ0) is 18.9. The van der Waals surface area contributed by atoms with E-state index in [-0.39, 0.29) is 11.4 Å². The van der Waals surface area contributed by atoms with E-state index in [0.717, 1.165) is 0 Å². The molecule has 11 heteroatoms. The highest BCUT2D eigenvalue weighted by Gasteiger charge is 2.16. The van der Waals surface area contributed by atoms with E-state index in [1.54, 1.807) is 35.4 Å². The second-order valence-electron chi connectivity index (χ2n) is 5.59. The zero-order valence-electron chi connectivity index (χ0n) is 13.9. The SMILES string of the molecule is O=c1[nH]c2cc(S(=O)(=O)NCCn3ccnc3-c3ncccn3)ccc2o1. The Morgan fingerprint density at radius 2 is 1.96 bits per heavy atom. The predicted molar refractivity (Wildman–Crippen MR) is 95.3 cm³/mol. The molecule has 0 radical (unpaired) electrons. The lowest BCUT2D eigenvalue weighted by molar-refractivity contribution is 0.555. The largest absolute Gasteiger partial charge is 0.417 e. The van der Waals surface area contributed by atoms with Crippen molar-refractivity contribution in [2.24, 2.45) is 0 Å². The molecule has 0 aliphatic rings. The predicted octanol–water partition coefficient (Wildman–Crippen LogP) is 0.753. The minimum absolute atomic E-state index is 0.0318. The number of nitrogens with one attached hydrogen (secondary N) is 2. The molecule has 1 aromatic carbocycles. The fraction of sp³-hybridized carbons (Fsp3) is 0.125. The summed E-state index contributed by atoms with van der Waals surface area (Å²) in [6, 6.07) is 5.86. The molecule has 4 rings (SSSR count). The number of rotatable bonds is 6. The van der Waals surface area contributed by atoms with Gasteiger partial charge in [0.1, 0.15) is 0 Å². The molecule has 27 heavy (non-hydrogen) atoms. The average molecular weight is 386 g/mol. The van der Waals surface area contributed by atoms with Crippen LogP contribution in [0.3, 0.4) is 0 Å². The molecule has 3 heterocycles. The lowest BCUT2D eigenvalue weighted by Crippen LogP contribution is -2.27. The van der Waals surface area contributed by atoms with Crippen LogP contribution >= 0.6 is 0 Å². The monoisotopic (exact) mass is 386 g/mol. The highest BCUT2D eigenvalue weighted by atomic mass is 32.2. The Hall–Kier alpha value is -3.31. The van der Waals surface area contributed by atoms with Gasteiger partial charge in [-0.05, 0) is 24.3 Å². The van der Waals surface area contributed by atoms with E-state index in [1.165, 1.54) is 18.2 Å². The van der Waals surface area contributed by atoms with Crippen LogP contribution in [0.5, 0.6) is 0 Å². The van der Waals surface area contributed by atoms with Crippen LogP contribution in [0.1, 0.15) is 0 Å². The van der Waals surface area contributed by atoms with Crippen molar-refractivity contribution in [3.63, 3.8) is 0 Å². The van der Waals surface area contributed by atoms with Gasteiger partial charge in [-0.25, -0.2) is 32.9 Å². The van der Waals surface area contributed by atoms with E-state index in [2.05, 4.69) is 24.7 Å². The maximum Gasteiger partial charge on any atom is 0.417 e. The number of hydrogen-bond donors (Lipinski definition) is 2. The van der Waals surface area contributed by atoms with Crippen LogP contribution < -0.4 is 10.5 Å². The Morgan fingerprint density at radius 1 is 1.15 bits per heavy atom. The first kappa shape index (κ1) is 17.1. The van der Waals surface area contributed by atoms with Crippen molar-refractivity contribution in [2.45, 2.75) is 11.4 Å². The maximum absolute atomic E-state index is 12.5. The summed E-state index contributed by atoms with van der Waals surface area (Å²) in [5.74, 6) is 0.371. The average Bonchev–Trinajstić information content (AvgIpc) is 3.27. The Morgan fingerprint density at radius 3 is 2.78 bits per heavy atom. The Bertz CT molecular complexity index is 1240. The van der Waals surface area contributed by atoms with Crippen LogP contribution in [-0.2, 0) is 16.6 Å². The lowest BCUT2D eigenvalue weighted by Gasteiger charge is -2.09. The molecule has 0 saturated carbocycles. The van der Waals surface area contributed by atoms with Crippen molar-refractivity contribution in [1.29, 1.82) is 0 Å². The van der Waals surface area contributed by atoms with Crippen LogP contribution in [0, 0.1) is 0 Å². The van der Waals surface area contributed by atoms with E-state index in [9.17, 15) is 13.2 Å². The Kier molecular flexibility index (Phi) is 4.30. The number of sulfonamides is 1. The van der Waals surface area contributed by atoms with Crippen molar-refractivity contribution in [3.05, 3.63) is 59.6 Å². The van der Waals surface area contributed by atoms with Gasteiger partial charge < -0.3 is 8.98 Å². The second kappa shape index (κ2) is 6.78. The summed E-state index contributed by atoms with van der Waals surface area (Å²) >= 11 is 0. The minimum atomic E-state index is -3.75. The molecule has 0 atom stereocenters. The number of hydrogen-bond acceptors (Lipinski definition) is 7. The third-order valence-electron chi connectivity index (χ3n) is 3.83. The molecule has 4 aromatic rings. The molecule has 138 valence electrons. The highest BCUT2D eigenvalue weighted by Crippen LogP contribution is 2.16. The molecule has 0 aliphatic heterocycles. The standard InChI is InChI=1S/C16H14N6O4S/c23-16-21-12-10-11(2-3-13(12)26-16)27(24,25)20-7-9-22-8-6-19-15(22)14-17-4-1-5-18-14/h1-6,8,10,20H,7,9H2,(H,21,23). The number of fused-ring (bicyclic) bond motifs is 1. The van der Waals surface area contributed by atoms with Gasteiger partial charge in [-0.2, -0.15) is 0 Å². The topological polar surface area (TPSA) is 136 Å². The van der Waals surface area contributed by atoms with Crippen molar-refractivity contribution >= 4 is 21.1 Å². The minimum Gasteiger partial charge on any atom is -0.408 e. The van der Waals surface area contributed by atoms with Crippen molar-refractivity contribution in [3.8, 4) is 11.6 Å². The summed E-state index contributed by atoms with van der Waals surface area (Å²) in [5.41, 5.74) is 0.617. The molecule has 0 amide bonds. The van der Waals surface area contributed by atoms with E-state index < -0.39 is 15.8 Å². The van der Waals surface area contributed by atoms with Gasteiger partial charge in [0.25, 0.3) is 0 Å². The second-order valence-corrected chi connectivity index (χ2v) is 7.35. The third kappa shape index (κ3) is 3.50. The van der Waals surface area contributed by atoms with Crippen molar-refractivity contribution < 1.29 is 12.8 Å². The first-order valence-electron chi connectivity index (χ1n) is 7.94. The lowest BCUT2D eigenvalue weighted by atomic mass is 10.3. The van der Waals surface area contributed by atoms with Crippen molar-refractivity contribution in [1.82, 2.24) is 29.2 Å². The number of benzene rings is 1. The molecule has 0 fully saturated rings. The molecule has 0 spiro atoms. The fourth-order valence-corrected chi connectivity index (χ4v) is 3.64. The smallest absolute Gasteiger partial charge is 0.408 e. The summed E-state index contributed by atoms with van der Waals surface area (Å²) in [4.78, 5) is 26.2. The number of H-pyrrole nitrogens is 1. The third-order valence-corrected chi connectivity index (χ3v) is 5.29. The highest BCUT2D eigenvalue weighted by molar-refractivity contribution is 7.89. The molecule has 0 aliphatic carbocycles. The van der Waals surface area contributed by atoms with Gasteiger partial charge in [-0.1, -0.05) is 0 Å². The van der Waals surface area contributed by atoms with Gasteiger partial charge in [-0.3, -0.25) is 4.98 Å². The molecule has 3 aromatic heterocycles. The first-order chi connectivity index (χ1) is 13.0. The van der Waals surface area contributed by atoms with E-state index in [0.29, 0.717) is 29.3 Å². The summed E-state index contributed by atoms with van der Waals surface area (Å²) in [5, 5.41) is 0. The van der Waals surface area contributed by atoms with Crippen LogP contribution in [0.15, 0.2) is 63.2 Å². The van der Waals surface area contributed by atoms with E-state index in [4.69, 9.17) is 4.42 Å². The van der Waals surface area contributed by atoms with Gasteiger partial charge in [0, 0.05) is 37.9 Å². The summed E-state index contributed by atoms with van der Waals surface area (Å²) in [6.07, 6.45) is 6.55.